The molecule has 3 N–H and O–H groups in total. The molecule has 4 heteroatoms. The Morgan fingerprint density at radius 3 is 2.73 bits per heavy atom. The fourth-order valence-corrected chi connectivity index (χ4v) is 1.38. The molecule has 0 fully saturated rings. The second-order valence-corrected chi connectivity index (χ2v) is 3.39. The Labute approximate surface area is 89.5 Å². The minimum absolute atomic E-state index is 0.157. The van der Waals surface area contributed by atoms with Gasteiger partial charge in [0.2, 0.25) is 0 Å². The van der Waals surface area contributed by atoms with E-state index in [0.29, 0.717) is 18.7 Å². The quantitative estimate of drug-likeness (QED) is 0.674. The molecular formula is C11H17NO3. The van der Waals surface area contributed by atoms with E-state index in [1.807, 2.05) is 0 Å². The third-order valence-electron chi connectivity index (χ3n) is 2.19. The summed E-state index contributed by atoms with van der Waals surface area (Å²) in [4.78, 5) is 0. The summed E-state index contributed by atoms with van der Waals surface area (Å²) < 4.78 is 4.92. The van der Waals surface area contributed by atoms with E-state index < -0.39 is 6.10 Å². The molecule has 0 aliphatic carbocycles. The van der Waals surface area contributed by atoms with Crippen LogP contribution >= 0.6 is 0 Å². The highest BCUT2D eigenvalue weighted by atomic mass is 16.5. The van der Waals surface area contributed by atoms with Crippen molar-refractivity contribution in [3.63, 3.8) is 0 Å². The van der Waals surface area contributed by atoms with E-state index in [4.69, 9.17) is 4.74 Å². The van der Waals surface area contributed by atoms with E-state index >= 15 is 0 Å². The number of aromatic hydroxyl groups is 1. The molecule has 15 heavy (non-hydrogen) atoms. The van der Waals surface area contributed by atoms with Crippen molar-refractivity contribution in [3.05, 3.63) is 29.3 Å². The van der Waals surface area contributed by atoms with Gasteiger partial charge in [-0.2, -0.15) is 0 Å². The fourth-order valence-electron chi connectivity index (χ4n) is 1.38. The molecule has 0 radical (unpaired) electrons. The first kappa shape index (κ1) is 12.0. The van der Waals surface area contributed by atoms with E-state index in [-0.39, 0.29) is 5.75 Å². The number of benzene rings is 1. The summed E-state index contributed by atoms with van der Waals surface area (Å²) in [6, 6.07) is 5.11. The van der Waals surface area contributed by atoms with Gasteiger partial charge in [-0.3, -0.25) is 0 Å². The highest BCUT2D eigenvalue weighted by Gasteiger charge is 2.09. The van der Waals surface area contributed by atoms with E-state index in [2.05, 4.69) is 5.32 Å². The van der Waals surface area contributed by atoms with Crippen LogP contribution in [0.3, 0.4) is 0 Å². The van der Waals surface area contributed by atoms with Gasteiger partial charge < -0.3 is 20.3 Å². The summed E-state index contributed by atoms with van der Waals surface area (Å²) in [5.74, 6) is 0.157. The first-order valence-corrected chi connectivity index (χ1v) is 4.82. The Bertz CT molecular complexity index is 315. The average molecular weight is 211 g/mol. The van der Waals surface area contributed by atoms with Crippen molar-refractivity contribution in [2.75, 3.05) is 20.7 Å². The van der Waals surface area contributed by atoms with Gasteiger partial charge in [-0.25, -0.2) is 0 Å². The van der Waals surface area contributed by atoms with Gasteiger partial charge in [-0.1, -0.05) is 12.1 Å². The summed E-state index contributed by atoms with van der Waals surface area (Å²) in [6.07, 6.45) is -0.600. The van der Waals surface area contributed by atoms with Crippen LogP contribution < -0.4 is 5.32 Å². The van der Waals surface area contributed by atoms with E-state index in [1.165, 1.54) is 0 Å². The number of methoxy groups -OCH3 is 1. The molecule has 0 amide bonds. The van der Waals surface area contributed by atoms with Gasteiger partial charge in [0.25, 0.3) is 0 Å². The number of aliphatic hydroxyl groups excluding tert-OH is 1. The maximum Gasteiger partial charge on any atom is 0.121 e. The topological polar surface area (TPSA) is 61.7 Å². The minimum atomic E-state index is -0.600. The van der Waals surface area contributed by atoms with Gasteiger partial charge in [-0.15, -0.1) is 0 Å². The van der Waals surface area contributed by atoms with Crippen molar-refractivity contribution in [2.45, 2.75) is 12.7 Å². The number of hydrogen-bond donors (Lipinski definition) is 3. The van der Waals surface area contributed by atoms with Crippen LogP contribution in [0.1, 0.15) is 17.2 Å². The van der Waals surface area contributed by atoms with Crippen molar-refractivity contribution in [3.8, 4) is 5.75 Å². The zero-order chi connectivity index (χ0) is 11.3. The van der Waals surface area contributed by atoms with Crippen LogP contribution in [0, 0.1) is 0 Å². The summed E-state index contributed by atoms with van der Waals surface area (Å²) in [6.45, 7) is 0.831. The molecule has 0 saturated carbocycles. The summed E-state index contributed by atoms with van der Waals surface area (Å²) in [5.41, 5.74) is 1.42. The molecule has 0 aliphatic rings. The number of likely N-dealkylation sites (N-methyl/N-ethyl adjacent to an activating group) is 1. The number of aliphatic hydroxyl groups is 1. The molecule has 1 rings (SSSR count). The van der Waals surface area contributed by atoms with E-state index in [0.717, 1.165) is 5.56 Å². The van der Waals surface area contributed by atoms with Crippen LogP contribution in [0.5, 0.6) is 5.75 Å². The average Bonchev–Trinajstić information content (AvgIpc) is 2.21. The number of ether oxygens (including phenoxy) is 1. The van der Waals surface area contributed by atoms with Gasteiger partial charge in [0.05, 0.1) is 12.7 Å². The number of nitrogens with one attached hydrogen (secondary N) is 1. The van der Waals surface area contributed by atoms with Crippen molar-refractivity contribution < 1.29 is 14.9 Å². The maximum atomic E-state index is 9.66. The first-order valence-electron chi connectivity index (χ1n) is 4.82. The minimum Gasteiger partial charge on any atom is -0.508 e. The van der Waals surface area contributed by atoms with Gasteiger partial charge in [0.1, 0.15) is 5.75 Å². The maximum absolute atomic E-state index is 9.66. The van der Waals surface area contributed by atoms with Crippen molar-refractivity contribution in [2.24, 2.45) is 0 Å². The largest absolute Gasteiger partial charge is 0.508 e. The van der Waals surface area contributed by atoms with Crippen LogP contribution in [0.4, 0.5) is 0 Å². The molecule has 0 saturated heterocycles. The lowest BCUT2D eigenvalue weighted by Crippen LogP contribution is -2.16. The van der Waals surface area contributed by atoms with Gasteiger partial charge >= 0.3 is 0 Å². The Morgan fingerprint density at radius 2 is 2.20 bits per heavy atom. The third-order valence-corrected chi connectivity index (χ3v) is 2.19. The lowest BCUT2D eigenvalue weighted by atomic mass is 10.1. The predicted octanol–water partition coefficient (Wildman–Crippen LogP) is 0.791. The smallest absolute Gasteiger partial charge is 0.121 e. The van der Waals surface area contributed by atoms with Crippen molar-refractivity contribution in [1.82, 2.24) is 5.32 Å². The molecule has 1 atom stereocenters. The van der Waals surface area contributed by atoms with Gasteiger partial charge in [0.15, 0.2) is 0 Å². The molecule has 84 valence electrons. The van der Waals surface area contributed by atoms with Gasteiger partial charge in [-0.05, 0) is 18.7 Å². The normalized spacial score (nSPS) is 12.7. The summed E-state index contributed by atoms with van der Waals surface area (Å²) in [5, 5.41) is 22.2. The molecule has 0 aliphatic heterocycles. The number of rotatable bonds is 5. The van der Waals surface area contributed by atoms with Crippen LogP contribution in [-0.2, 0) is 11.3 Å². The van der Waals surface area contributed by atoms with E-state index in [1.54, 1.807) is 32.4 Å². The van der Waals surface area contributed by atoms with Crippen molar-refractivity contribution >= 4 is 0 Å². The summed E-state index contributed by atoms with van der Waals surface area (Å²) in [7, 11) is 3.34. The molecule has 1 aromatic rings. The van der Waals surface area contributed by atoms with Crippen LogP contribution in [0.15, 0.2) is 18.2 Å². The monoisotopic (exact) mass is 211 g/mol. The Hall–Kier alpha value is -1.10. The molecule has 1 unspecified atom stereocenters. The molecular weight excluding hydrogens is 194 g/mol. The second kappa shape index (κ2) is 5.70. The highest BCUT2D eigenvalue weighted by molar-refractivity contribution is 5.37. The number of hydrogen-bond acceptors (Lipinski definition) is 4. The van der Waals surface area contributed by atoms with Crippen LogP contribution in [-0.4, -0.2) is 30.9 Å². The molecule has 1 aromatic carbocycles. The lowest BCUT2D eigenvalue weighted by molar-refractivity contribution is 0.175. The van der Waals surface area contributed by atoms with E-state index in [9.17, 15) is 10.2 Å². The lowest BCUT2D eigenvalue weighted by Gasteiger charge is -2.12. The van der Waals surface area contributed by atoms with Crippen LogP contribution in [0.25, 0.3) is 0 Å². The Morgan fingerprint density at radius 1 is 1.47 bits per heavy atom. The molecule has 0 bridgehead atoms. The molecule has 0 spiro atoms. The van der Waals surface area contributed by atoms with Crippen molar-refractivity contribution in [1.29, 1.82) is 0 Å². The SMILES string of the molecule is CNCC(O)c1ccc(COC)c(O)c1. The predicted molar refractivity (Wildman–Crippen MR) is 57.7 cm³/mol. The van der Waals surface area contributed by atoms with Gasteiger partial charge in [0, 0.05) is 19.2 Å². The highest BCUT2D eigenvalue weighted by Crippen LogP contribution is 2.23. The zero-order valence-electron chi connectivity index (χ0n) is 9.03. The number of phenolic OH excluding ortho intramolecular Hbond substituents is 1. The standard InChI is InChI=1S/C11H17NO3/c1-12-6-11(14)8-3-4-9(7-15-2)10(13)5-8/h3-5,11-14H,6-7H2,1-2H3. The Balaban J connectivity index is 2.81. The molecule has 0 heterocycles. The van der Waals surface area contributed by atoms with Crippen LogP contribution in [0.2, 0.25) is 0 Å². The molecule has 0 aromatic heterocycles. The zero-order valence-corrected chi connectivity index (χ0v) is 9.03. The third kappa shape index (κ3) is 3.20. The fraction of sp³-hybridized carbons (Fsp3) is 0.455. The Kier molecular flexibility index (Phi) is 4.55. The summed E-state index contributed by atoms with van der Waals surface area (Å²) >= 11 is 0. The second-order valence-electron chi connectivity index (χ2n) is 3.39. The first-order chi connectivity index (χ1) is 7.19. The number of phenols is 1. The molecule has 4 nitrogen and oxygen atoms in total.